The van der Waals surface area contributed by atoms with Crippen molar-refractivity contribution in [2.45, 2.75) is 18.0 Å². The number of alkyl halides is 3. The first-order valence-electron chi connectivity index (χ1n) is 11.8. The number of ketones is 1. The number of aromatic amines is 2. The molecule has 2 aliphatic carbocycles. The number of aromatic nitrogens is 2. The average molecular weight is 545 g/mol. The van der Waals surface area contributed by atoms with Gasteiger partial charge in [0.1, 0.15) is 11.4 Å². The van der Waals surface area contributed by atoms with Gasteiger partial charge in [-0.3, -0.25) is 9.59 Å². The number of methoxy groups -OCH3 is 4. The molecule has 3 aromatic rings. The van der Waals surface area contributed by atoms with Gasteiger partial charge in [-0.25, -0.2) is 4.79 Å². The molecule has 13 heteroatoms. The van der Waals surface area contributed by atoms with Gasteiger partial charge in [-0.1, -0.05) is 0 Å². The second-order valence-electron chi connectivity index (χ2n) is 9.59. The van der Waals surface area contributed by atoms with Gasteiger partial charge in [0.25, 0.3) is 5.91 Å². The van der Waals surface area contributed by atoms with E-state index in [1.54, 1.807) is 12.1 Å². The molecule has 1 saturated heterocycles. The number of amides is 1. The topological polar surface area (TPSA) is 123 Å². The number of piperidine rings is 1. The summed E-state index contributed by atoms with van der Waals surface area (Å²) < 4.78 is 62.6. The molecular formula is C26H22F3N3O7. The Hall–Kier alpha value is -4.42. The maximum absolute atomic E-state index is 13.9. The molecule has 1 spiro atoms. The summed E-state index contributed by atoms with van der Waals surface area (Å²) in [6.45, 7) is 0.156. The number of halogens is 3. The average Bonchev–Trinajstić information content (AvgIpc) is 3.22. The Morgan fingerprint density at radius 2 is 1.77 bits per heavy atom. The number of benzene rings is 1. The van der Waals surface area contributed by atoms with Gasteiger partial charge in [0.05, 0.1) is 45.2 Å². The Morgan fingerprint density at radius 1 is 1.05 bits per heavy atom. The van der Waals surface area contributed by atoms with E-state index >= 15 is 0 Å². The number of carbonyl (C=O) groups excluding carboxylic acids is 3. The van der Waals surface area contributed by atoms with E-state index in [0.29, 0.717) is 34.6 Å². The van der Waals surface area contributed by atoms with E-state index in [9.17, 15) is 27.6 Å². The summed E-state index contributed by atoms with van der Waals surface area (Å²) in [7, 11) is 5.33. The van der Waals surface area contributed by atoms with Crippen molar-refractivity contribution < 1.29 is 46.5 Å². The van der Waals surface area contributed by atoms with Crippen LogP contribution in [0.25, 0.3) is 10.9 Å². The number of nitrogens with zero attached hydrogens (tertiary/aromatic N) is 1. The Bertz CT molecular complexity index is 1630. The number of hydrogen-bond acceptors (Lipinski definition) is 7. The highest BCUT2D eigenvalue weighted by atomic mass is 19.4. The maximum atomic E-state index is 13.9. The zero-order valence-corrected chi connectivity index (χ0v) is 21.2. The number of carbonyl (C=O) groups is 3. The largest absolute Gasteiger partial charge is 0.493 e. The predicted molar refractivity (Wildman–Crippen MR) is 128 cm³/mol. The van der Waals surface area contributed by atoms with Crippen molar-refractivity contribution in [3.05, 3.63) is 52.1 Å². The lowest BCUT2D eigenvalue weighted by Crippen LogP contribution is -2.34. The fraction of sp³-hybridized carbons (Fsp3) is 0.346. The molecule has 2 N–H and O–H groups in total. The van der Waals surface area contributed by atoms with Gasteiger partial charge in [-0.05, 0) is 24.5 Å². The second-order valence-corrected chi connectivity index (χ2v) is 9.59. The van der Waals surface area contributed by atoms with Crippen LogP contribution in [0.15, 0.2) is 23.9 Å². The van der Waals surface area contributed by atoms with Gasteiger partial charge in [-0.2, -0.15) is 13.2 Å². The third-order valence-corrected chi connectivity index (χ3v) is 7.78. The molecule has 0 radical (unpaired) electrons. The van der Waals surface area contributed by atoms with E-state index in [4.69, 9.17) is 14.2 Å². The molecule has 39 heavy (non-hydrogen) atoms. The van der Waals surface area contributed by atoms with Crippen LogP contribution in [0.3, 0.4) is 0 Å². The Balaban J connectivity index is 1.45. The SMILES string of the molecule is COC(=O)c1c(C(F)(F)F)[nH]c2c1C13CC1CN(C(=O)c1cc4cc(OC)c(OC)c(OC)c4[nH]1)C3=CC2=O. The number of rotatable bonds is 5. The number of H-pyrrole nitrogens is 2. The number of allylic oxidation sites excluding steroid dienone is 2. The van der Waals surface area contributed by atoms with E-state index in [1.807, 2.05) is 0 Å². The Kier molecular flexibility index (Phi) is 5.13. The number of esters is 1. The summed E-state index contributed by atoms with van der Waals surface area (Å²) in [4.78, 5) is 45.9. The van der Waals surface area contributed by atoms with Gasteiger partial charge in [0.2, 0.25) is 11.5 Å². The van der Waals surface area contributed by atoms with Crippen LogP contribution < -0.4 is 14.2 Å². The van der Waals surface area contributed by atoms with Gasteiger partial charge < -0.3 is 33.8 Å². The van der Waals surface area contributed by atoms with Crippen molar-refractivity contribution in [2.75, 3.05) is 35.0 Å². The Morgan fingerprint density at radius 3 is 2.38 bits per heavy atom. The highest BCUT2D eigenvalue weighted by molar-refractivity contribution is 6.12. The second kappa shape index (κ2) is 8.04. The zero-order valence-electron chi connectivity index (χ0n) is 21.2. The number of fused-ring (bicyclic) bond motifs is 2. The smallest absolute Gasteiger partial charge is 0.432 e. The molecule has 1 saturated carbocycles. The van der Waals surface area contributed by atoms with Crippen LogP contribution in [-0.4, -0.2) is 67.5 Å². The van der Waals surface area contributed by atoms with E-state index in [0.717, 1.165) is 7.11 Å². The fourth-order valence-corrected chi connectivity index (χ4v) is 6.11. The van der Waals surface area contributed by atoms with Crippen molar-refractivity contribution in [1.29, 1.82) is 0 Å². The normalized spacial score (nSPS) is 21.2. The predicted octanol–water partition coefficient (Wildman–Crippen LogP) is 3.82. The lowest BCUT2D eigenvalue weighted by atomic mass is 9.82. The molecule has 2 atom stereocenters. The van der Waals surface area contributed by atoms with Crippen LogP contribution >= 0.6 is 0 Å². The molecule has 204 valence electrons. The summed E-state index contributed by atoms with van der Waals surface area (Å²) in [5.41, 5.74) is -2.61. The molecular weight excluding hydrogens is 523 g/mol. The molecule has 3 heterocycles. The number of hydrogen-bond donors (Lipinski definition) is 2. The van der Waals surface area contributed by atoms with Crippen molar-refractivity contribution in [3.63, 3.8) is 0 Å². The van der Waals surface area contributed by atoms with Crippen LogP contribution in [0.2, 0.25) is 0 Å². The molecule has 2 aromatic heterocycles. The quantitative estimate of drug-likeness (QED) is 0.468. The molecule has 3 aliphatic rings. The van der Waals surface area contributed by atoms with Gasteiger partial charge in [-0.15, -0.1) is 0 Å². The summed E-state index contributed by atoms with van der Waals surface area (Å²) in [5, 5.41) is 0.594. The molecule has 2 unspecified atom stereocenters. The summed E-state index contributed by atoms with van der Waals surface area (Å²) in [6.07, 6.45) is -3.36. The van der Waals surface area contributed by atoms with Crippen molar-refractivity contribution in [3.8, 4) is 17.2 Å². The van der Waals surface area contributed by atoms with E-state index < -0.39 is 40.5 Å². The van der Waals surface area contributed by atoms with Crippen LogP contribution in [-0.2, 0) is 16.3 Å². The van der Waals surface area contributed by atoms with Crippen molar-refractivity contribution >= 4 is 28.6 Å². The zero-order chi connectivity index (χ0) is 28.0. The number of nitrogens with one attached hydrogen (secondary N) is 2. The van der Waals surface area contributed by atoms with Crippen LogP contribution in [0, 0.1) is 5.92 Å². The summed E-state index contributed by atoms with van der Waals surface area (Å²) in [5.74, 6) is -1.71. The van der Waals surface area contributed by atoms with Gasteiger partial charge in [0.15, 0.2) is 11.5 Å². The van der Waals surface area contributed by atoms with Gasteiger partial charge in [0, 0.05) is 34.7 Å². The highest BCUT2D eigenvalue weighted by Gasteiger charge is 2.69. The first-order valence-corrected chi connectivity index (χ1v) is 11.8. The monoisotopic (exact) mass is 545 g/mol. The molecule has 1 aromatic carbocycles. The minimum atomic E-state index is -4.93. The van der Waals surface area contributed by atoms with E-state index in [1.165, 1.54) is 32.3 Å². The molecule has 1 amide bonds. The van der Waals surface area contributed by atoms with E-state index in [-0.39, 0.29) is 35.1 Å². The van der Waals surface area contributed by atoms with Crippen molar-refractivity contribution in [2.24, 2.45) is 5.92 Å². The summed E-state index contributed by atoms with van der Waals surface area (Å²) in [6, 6.07) is 3.26. The van der Waals surface area contributed by atoms with Crippen LogP contribution in [0.4, 0.5) is 13.2 Å². The third kappa shape index (κ3) is 3.18. The molecule has 0 bridgehead atoms. The molecule has 1 aliphatic heterocycles. The lowest BCUT2D eigenvalue weighted by molar-refractivity contribution is -0.141. The number of ether oxygens (including phenoxy) is 4. The highest BCUT2D eigenvalue weighted by Crippen LogP contribution is 2.68. The first kappa shape index (κ1) is 24.9. The van der Waals surface area contributed by atoms with E-state index in [2.05, 4.69) is 14.7 Å². The fourth-order valence-electron chi connectivity index (χ4n) is 6.11. The van der Waals surface area contributed by atoms with Crippen LogP contribution in [0.1, 0.15) is 49.0 Å². The molecule has 6 rings (SSSR count). The Labute approximate surface area is 218 Å². The maximum Gasteiger partial charge on any atom is 0.432 e. The third-order valence-electron chi connectivity index (χ3n) is 7.78. The molecule has 2 fully saturated rings. The lowest BCUT2D eigenvalue weighted by Gasteiger charge is -2.28. The summed E-state index contributed by atoms with van der Waals surface area (Å²) >= 11 is 0. The van der Waals surface area contributed by atoms with Crippen molar-refractivity contribution in [1.82, 2.24) is 14.9 Å². The number of likely N-dealkylation sites (tertiary alicyclic amines) is 1. The first-order chi connectivity index (χ1) is 18.5. The standard InChI is InChI=1S/C26H22F3N3O7/c1-36-14-6-10-5-12(30-18(10)21(38-3)20(14)37-2)23(34)32-9-11-8-25(11)15(32)7-13(33)19-17(25)16(24(35)39-4)22(31-19)26(27,28)29/h5-7,11,30-31H,8-9H2,1-4H3. The minimum Gasteiger partial charge on any atom is -0.493 e. The van der Waals surface area contributed by atoms with Crippen LogP contribution in [0.5, 0.6) is 17.2 Å². The van der Waals surface area contributed by atoms with Gasteiger partial charge >= 0.3 is 12.1 Å². The molecule has 10 nitrogen and oxygen atoms in total. The minimum absolute atomic E-state index is 0.0581.